The molecule has 13 heteroatoms. The van der Waals surface area contributed by atoms with Crippen LogP contribution in [0.1, 0.15) is 21.5 Å². The number of fused-ring (bicyclic) bond motifs is 1. The summed E-state index contributed by atoms with van der Waals surface area (Å²) in [6.45, 7) is 2.99. The van der Waals surface area contributed by atoms with Crippen LogP contribution in [0.5, 0.6) is 0 Å². The highest BCUT2D eigenvalue weighted by Crippen LogP contribution is 2.26. The zero-order valence-electron chi connectivity index (χ0n) is 22.4. The zero-order chi connectivity index (χ0) is 29.1. The van der Waals surface area contributed by atoms with E-state index in [9.17, 15) is 14.9 Å². The maximum Gasteiger partial charge on any atom is 0.269 e. The number of halogens is 1. The summed E-state index contributed by atoms with van der Waals surface area (Å²) in [6, 6.07) is 17.5. The Hall–Kier alpha value is -5.10. The van der Waals surface area contributed by atoms with Crippen LogP contribution in [0.25, 0.3) is 11.2 Å². The fourth-order valence-corrected chi connectivity index (χ4v) is 5.04. The van der Waals surface area contributed by atoms with Gasteiger partial charge in [-0.25, -0.2) is 4.98 Å². The van der Waals surface area contributed by atoms with Gasteiger partial charge in [0.1, 0.15) is 0 Å². The minimum absolute atomic E-state index is 0.0334. The molecule has 0 aliphatic carbocycles. The quantitative estimate of drug-likeness (QED) is 0.208. The number of aromatic nitrogens is 5. The lowest BCUT2D eigenvalue weighted by Crippen LogP contribution is -2.49. The molecule has 3 aromatic heterocycles. The lowest BCUT2D eigenvalue weighted by atomic mass is 10.2. The van der Waals surface area contributed by atoms with Crippen molar-refractivity contribution in [2.24, 2.45) is 0 Å². The summed E-state index contributed by atoms with van der Waals surface area (Å²) < 4.78 is 1.89. The van der Waals surface area contributed by atoms with Crippen LogP contribution in [0.4, 0.5) is 17.5 Å². The third-order valence-electron chi connectivity index (χ3n) is 7.11. The monoisotopic (exact) mass is 583 g/mol. The van der Waals surface area contributed by atoms with Crippen LogP contribution in [0.15, 0.2) is 79.4 Å². The predicted octanol–water partition coefficient (Wildman–Crippen LogP) is 4.41. The average molecular weight is 584 g/mol. The number of hydrogen-bond donors (Lipinski definition) is 1. The first kappa shape index (κ1) is 27.1. The minimum Gasteiger partial charge on any atom is -0.364 e. The van der Waals surface area contributed by atoms with Crippen LogP contribution < -0.4 is 10.2 Å². The van der Waals surface area contributed by atoms with E-state index in [0.717, 1.165) is 11.1 Å². The van der Waals surface area contributed by atoms with E-state index in [-0.39, 0.29) is 11.6 Å². The molecule has 4 heterocycles. The van der Waals surface area contributed by atoms with Crippen molar-refractivity contribution in [2.75, 3.05) is 36.4 Å². The highest BCUT2D eigenvalue weighted by atomic mass is 35.5. The molecular weight excluding hydrogens is 558 g/mol. The van der Waals surface area contributed by atoms with Crippen molar-refractivity contribution in [3.63, 3.8) is 0 Å². The molecule has 1 aliphatic rings. The molecule has 1 N–H and O–H groups in total. The molecule has 0 atom stereocenters. The van der Waals surface area contributed by atoms with Crippen LogP contribution in [-0.2, 0) is 13.1 Å². The number of nitro groups is 1. The van der Waals surface area contributed by atoms with Gasteiger partial charge in [-0.3, -0.25) is 19.9 Å². The Balaban J connectivity index is 1.28. The number of hydrogen-bond acceptors (Lipinski definition) is 9. The molecule has 2 aromatic carbocycles. The van der Waals surface area contributed by atoms with Gasteiger partial charge in [-0.15, -0.1) is 0 Å². The number of nitrogens with one attached hydrogen (secondary N) is 1. The molecule has 0 saturated carbocycles. The average Bonchev–Trinajstić information content (AvgIpc) is 3.43. The maximum absolute atomic E-state index is 12.9. The Kier molecular flexibility index (Phi) is 7.60. The largest absolute Gasteiger partial charge is 0.364 e. The fraction of sp³-hybridized carbons (Fsp3) is 0.207. The molecule has 6 rings (SSSR count). The second kappa shape index (κ2) is 11.8. The first-order valence-corrected chi connectivity index (χ1v) is 13.7. The molecule has 1 saturated heterocycles. The van der Waals surface area contributed by atoms with E-state index in [0.29, 0.717) is 72.8 Å². The number of benzene rings is 2. The van der Waals surface area contributed by atoms with Gasteiger partial charge in [0.25, 0.3) is 11.6 Å². The van der Waals surface area contributed by atoms with E-state index < -0.39 is 4.92 Å². The summed E-state index contributed by atoms with van der Waals surface area (Å²) in [5, 5.41) is 15.1. The molecule has 12 nitrogen and oxygen atoms in total. The number of carbonyl (C=O) groups is 1. The van der Waals surface area contributed by atoms with Crippen LogP contribution in [0.3, 0.4) is 0 Å². The highest BCUT2D eigenvalue weighted by Gasteiger charge is 2.25. The highest BCUT2D eigenvalue weighted by molar-refractivity contribution is 6.31. The second-order valence-electron chi connectivity index (χ2n) is 9.81. The Bertz CT molecular complexity index is 1740. The van der Waals surface area contributed by atoms with Crippen molar-refractivity contribution >= 4 is 46.1 Å². The van der Waals surface area contributed by atoms with E-state index >= 15 is 0 Å². The first-order valence-electron chi connectivity index (χ1n) is 13.3. The Morgan fingerprint density at radius 3 is 2.50 bits per heavy atom. The van der Waals surface area contributed by atoms with Gasteiger partial charge in [0.15, 0.2) is 17.0 Å². The van der Waals surface area contributed by atoms with Crippen LogP contribution in [-0.4, -0.2) is 66.4 Å². The van der Waals surface area contributed by atoms with Crippen molar-refractivity contribution in [1.29, 1.82) is 0 Å². The fourth-order valence-electron chi connectivity index (χ4n) is 4.84. The molecule has 0 radical (unpaired) electrons. The van der Waals surface area contributed by atoms with E-state index in [1.807, 2.05) is 28.8 Å². The van der Waals surface area contributed by atoms with Crippen LogP contribution in [0.2, 0.25) is 5.02 Å². The molecule has 1 aliphatic heterocycles. The molecular formula is C29H26ClN9O3. The molecule has 42 heavy (non-hydrogen) atoms. The number of pyridine rings is 1. The SMILES string of the molecule is O=C(c1cccnc1)N1CCN(c2nc(NCc3ccccc3Cl)c3ncn(Cc4ccc([N+](=O)[O-])cc4)c3n2)CC1. The predicted molar refractivity (Wildman–Crippen MR) is 159 cm³/mol. The van der Waals surface area contributed by atoms with E-state index in [1.54, 1.807) is 47.9 Å². The molecule has 0 spiro atoms. The van der Waals surface area contributed by atoms with Gasteiger partial charge >= 0.3 is 0 Å². The van der Waals surface area contributed by atoms with Gasteiger partial charge < -0.3 is 19.7 Å². The maximum atomic E-state index is 12.9. The van der Waals surface area contributed by atoms with Gasteiger partial charge in [-0.05, 0) is 29.3 Å². The van der Waals surface area contributed by atoms with Crippen molar-refractivity contribution in [3.8, 4) is 0 Å². The summed E-state index contributed by atoms with van der Waals surface area (Å²) >= 11 is 6.39. The molecule has 1 fully saturated rings. The number of non-ortho nitro benzene ring substituents is 1. The van der Waals surface area contributed by atoms with Crippen molar-refractivity contribution < 1.29 is 9.72 Å². The third kappa shape index (κ3) is 5.70. The number of imidazole rings is 1. The third-order valence-corrected chi connectivity index (χ3v) is 7.48. The Morgan fingerprint density at radius 1 is 1.00 bits per heavy atom. The summed E-state index contributed by atoms with van der Waals surface area (Å²) in [5.74, 6) is 1.02. The number of anilines is 2. The lowest BCUT2D eigenvalue weighted by molar-refractivity contribution is -0.384. The summed E-state index contributed by atoms with van der Waals surface area (Å²) in [6.07, 6.45) is 4.91. The zero-order valence-corrected chi connectivity index (χ0v) is 23.2. The number of rotatable bonds is 8. The summed E-state index contributed by atoms with van der Waals surface area (Å²) in [4.78, 5) is 45.8. The van der Waals surface area contributed by atoms with E-state index in [2.05, 4.69) is 20.2 Å². The van der Waals surface area contributed by atoms with Gasteiger partial charge in [0.2, 0.25) is 5.95 Å². The Labute approximate surface area is 245 Å². The van der Waals surface area contributed by atoms with Gasteiger partial charge in [0.05, 0.1) is 23.4 Å². The minimum atomic E-state index is -0.420. The summed E-state index contributed by atoms with van der Waals surface area (Å²) in [7, 11) is 0. The van der Waals surface area contributed by atoms with Crippen LogP contribution in [0, 0.1) is 10.1 Å². The van der Waals surface area contributed by atoms with Crippen molar-refractivity contribution in [3.05, 3.63) is 111 Å². The van der Waals surface area contributed by atoms with Gasteiger partial charge in [-0.2, -0.15) is 9.97 Å². The number of nitrogens with zero attached hydrogens (tertiary/aromatic N) is 8. The molecule has 1 amide bonds. The number of piperazine rings is 1. The normalized spacial score (nSPS) is 13.4. The second-order valence-corrected chi connectivity index (χ2v) is 10.2. The molecule has 0 unspecified atom stereocenters. The van der Waals surface area contributed by atoms with Gasteiger partial charge in [0, 0.05) is 62.3 Å². The van der Waals surface area contributed by atoms with Crippen molar-refractivity contribution in [2.45, 2.75) is 13.1 Å². The molecule has 0 bridgehead atoms. The topological polar surface area (TPSA) is 135 Å². The number of carbonyl (C=O) groups excluding carboxylic acids is 1. The van der Waals surface area contributed by atoms with Crippen molar-refractivity contribution in [1.82, 2.24) is 29.4 Å². The number of amides is 1. The number of nitro benzene ring substituents is 1. The summed E-state index contributed by atoms with van der Waals surface area (Å²) in [5.41, 5.74) is 3.59. The standard InChI is InChI=1S/C29H26ClN9O3/c30-24-6-2-1-4-21(24)17-32-26-25-27(38(19-33-25)18-20-7-9-23(10-8-20)39(41)42)35-29(34-26)37-14-12-36(13-15-37)28(40)22-5-3-11-31-16-22/h1-11,16,19H,12-15,17-18H2,(H,32,34,35). The molecule has 212 valence electrons. The Morgan fingerprint density at radius 2 is 1.79 bits per heavy atom. The van der Waals surface area contributed by atoms with Crippen LogP contribution >= 0.6 is 11.6 Å². The first-order chi connectivity index (χ1) is 20.5. The van der Waals surface area contributed by atoms with E-state index in [1.165, 1.54) is 12.1 Å². The molecule has 5 aromatic rings. The van der Waals surface area contributed by atoms with E-state index in [4.69, 9.17) is 21.6 Å². The van der Waals surface area contributed by atoms with Gasteiger partial charge in [-0.1, -0.05) is 41.9 Å². The smallest absolute Gasteiger partial charge is 0.269 e. The lowest BCUT2D eigenvalue weighted by Gasteiger charge is -2.34.